The molecule has 1 aromatic carbocycles. The smallest absolute Gasteiger partial charge is 0.0642 e. The van der Waals surface area contributed by atoms with E-state index in [2.05, 4.69) is 24.0 Å². The number of hydrogen-bond donors (Lipinski definition) is 1. The molecule has 4 heteroatoms. The van der Waals surface area contributed by atoms with E-state index < -0.39 is 0 Å². The van der Waals surface area contributed by atoms with Gasteiger partial charge in [0.15, 0.2) is 0 Å². The lowest BCUT2D eigenvalue weighted by molar-refractivity contribution is 0.154. The Bertz CT molecular complexity index is 382. The molecule has 1 unspecified atom stereocenters. The van der Waals surface area contributed by atoms with Crippen molar-refractivity contribution in [2.24, 2.45) is 5.73 Å². The maximum Gasteiger partial charge on any atom is 0.0642 e. The highest BCUT2D eigenvalue weighted by atomic mass is 35.5. The van der Waals surface area contributed by atoms with Gasteiger partial charge >= 0.3 is 0 Å². The highest BCUT2D eigenvalue weighted by Crippen LogP contribution is 2.27. The van der Waals surface area contributed by atoms with Crippen LogP contribution in [0.5, 0.6) is 0 Å². The number of nitrogens with zero attached hydrogens (tertiary/aromatic N) is 1. The van der Waals surface area contributed by atoms with Crippen LogP contribution in [0.25, 0.3) is 0 Å². The summed E-state index contributed by atoms with van der Waals surface area (Å²) in [5.41, 5.74) is 8.06. The average molecular weight is 285 g/mol. The maximum absolute atomic E-state index is 6.38. The van der Waals surface area contributed by atoms with Crippen molar-refractivity contribution in [1.29, 1.82) is 0 Å². The molecular formula is C15H25ClN2O. The molecule has 3 nitrogen and oxygen atoms in total. The summed E-state index contributed by atoms with van der Waals surface area (Å²) < 4.78 is 5.40. The first kappa shape index (κ1) is 16.3. The molecule has 0 bridgehead atoms. The SMILES string of the molecule is CCOCCN(CC)c1ccc(CC(C)N)cc1Cl. The molecule has 0 radical (unpaired) electrons. The third-order valence-electron chi connectivity index (χ3n) is 3.00. The quantitative estimate of drug-likeness (QED) is 0.746. The Morgan fingerprint density at radius 1 is 1.37 bits per heavy atom. The second-order valence-corrected chi connectivity index (χ2v) is 5.15. The van der Waals surface area contributed by atoms with Gasteiger partial charge in [0, 0.05) is 25.7 Å². The molecule has 0 spiro atoms. The number of halogens is 1. The van der Waals surface area contributed by atoms with Crippen LogP contribution in [0.15, 0.2) is 18.2 Å². The molecule has 2 N–H and O–H groups in total. The molecule has 108 valence electrons. The van der Waals surface area contributed by atoms with Gasteiger partial charge in [-0.05, 0) is 44.9 Å². The van der Waals surface area contributed by atoms with Crippen LogP contribution < -0.4 is 10.6 Å². The summed E-state index contributed by atoms with van der Waals surface area (Å²) in [5.74, 6) is 0. The van der Waals surface area contributed by atoms with E-state index in [1.165, 1.54) is 5.56 Å². The summed E-state index contributed by atoms with van der Waals surface area (Å²) in [6.45, 7) is 9.38. The second kappa shape index (κ2) is 8.41. The molecule has 0 fully saturated rings. The number of likely N-dealkylation sites (N-methyl/N-ethyl adjacent to an activating group) is 1. The lowest BCUT2D eigenvalue weighted by Crippen LogP contribution is -2.27. The zero-order valence-electron chi connectivity index (χ0n) is 12.2. The molecule has 19 heavy (non-hydrogen) atoms. The molecule has 0 amide bonds. The summed E-state index contributed by atoms with van der Waals surface area (Å²) in [5, 5.41) is 0.788. The zero-order chi connectivity index (χ0) is 14.3. The Kier molecular flexibility index (Phi) is 7.21. The van der Waals surface area contributed by atoms with Crippen LogP contribution in [0.4, 0.5) is 5.69 Å². The Hall–Kier alpha value is -0.770. The largest absolute Gasteiger partial charge is 0.380 e. The van der Waals surface area contributed by atoms with Crippen LogP contribution in [0, 0.1) is 0 Å². The minimum absolute atomic E-state index is 0.155. The van der Waals surface area contributed by atoms with Gasteiger partial charge in [-0.3, -0.25) is 0 Å². The lowest BCUT2D eigenvalue weighted by atomic mass is 10.1. The molecule has 1 aromatic rings. The van der Waals surface area contributed by atoms with Gasteiger partial charge in [-0.25, -0.2) is 0 Å². The first-order chi connectivity index (χ1) is 9.08. The topological polar surface area (TPSA) is 38.5 Å². The number of hydrogen-bond acceptors (Lipinski definition) is 3. The highest BCUT2D eigenvalue weighted by molar-refractivity contribution is 6.33. The van der Waals surface area contributed by atoms with Crippen molar-refractivity contribution in [3.8, 4) is 0 Å². The molecular weight excluding hydrogens is 260 g/mol. The fourth-order valence-electron chi connectivity index (χ4n) is 2.07. The van der Waals surface area contributed by atoms with Crippen molar-refractivity contribution in [3.05, 3.63) is 28.8 Å². The van der Waals surface area contributed by atoms with Crippen LogP contribution in [0.1, 0.15) is 26.3 Å². The van der Waals surface area contributed by atoms with Gasteiger partial charge in [-0.1, -0.05) is 17.7 Å². The Labute approximate surface area is 121 Å². The summed E-state index contributed by atoms with van der Waals surface area (Å²) in [4.78, 5) is 2.23. The van der Waals surface area contributed by atoms with Crippen LogP contribution in [-0.4, -0.2) is 32.3 Å². The predicted octanol–water partition coefficient (Wildman–Crippen LogP) is 3.09. The van der Waals surface area contributed by atoms with E-state index in [1.807, 2.05) is 19.9 Å². The van der Waals surface area contributed by atoms with Gasteiger partial charge in [-0.15, -0.1) is 0 Å². The number of rotatable bonds is 8. The minimum atomic E-state index is 0.155. The molecule has 1 atom stereocenters. The zero-order valence-corrected chi connectivity index (χ0v) is 12.9. The summed E-state index contributed by atoms with van der Waals surface area (Å²) in [6.07, 6.45) is 0.852. The predicted molar refractivity (Wildman–Crippen MR) is 83.2 cm³/mol. The van der Waals surface area contributed by atoms with Crippen LogP contribution >= 0.6 is 11.6 Å². The van der Waals surface area contributed by atoms with Gasteiger partial charge in [0.2, 0.25) is 0 Å². The van der Waals surface area contributed by atoms with E-state index in [4.69, 9.17) is 22.1 Å². The Balaban J connectivity index is 2.75. The van der Waals surface area contributed by atoms with Crippen LogP contribution in [0.2, 0.25) is 5.02 Å². The second-order valence-electron chi connectivity index (χ2n) is 4.74. The summed E-state index contributed by atoms with van der Waals surface area (Å²) in [7, 11) is 0. The monoisotopic (exact) mass is 284 g/mol. The molecule has 0 saturated carbocycles. The van der Waals surface area contributed by atoms with E-state index in [0.29, 0.717) is 0 Å². The van der Waals surface area contributed by atoms with E-state index in [9.17, 15) is 0 Å². The minimum Gasteiger partial charge on any atom is -0.380 e. The lowest BCUT2D eigenvalue weighted by Gasteiger charge is -2.24. The van der Waals surface area contributed by atoms with Crippen LogP contribution in [-0.2, 0) is 11.2 Å². The molecule has 0 aliphatic carbocycles. The standard InChI is InChI=1S/C15H25ClN2O/c1-4-18(8-9-19-5-2)15-7-6-13(10-12(3)17)11-14(15)16/h6-7,11-12H,4-5,8-10,17H2,1-3H3. The van der Waals surface area contributed by atoms with Crippen molar-refractivity contribution in [3.63, 3.8) is 0 Å². The Morgan fingerprint density at radius 3 is 2.63 bits per heavy atom. The van der Waals surface area contributed by atoms with Crippen molar-refractivity contribution in [1.82, 2.24) is 0 Å². The normalized spacial score (nSPS) is 12.5. The van der Waals surface area contributed by atoms with Gasteiger partial charge in [0.25, 0.3) is 0 Å². The summed E-state index contributed by atoms with van der Waals surface area (Å²) in [6, 6.07) is 6.36. The van der Waals surface area contributed by atoms with Crippen molar-refractivity contribution in [2.75, 3.05) is 31.2 Å². The molecule has 0 heterocycles. The third-order valence-corrected chi connectivity index (χ3v) is 3.30. The van der Waals surface area contributed by atoms with E-state index in [0.717, 1.165) is 43.4 Å². The highest BCUT2D eigenvalue weighted by Gasteiger charge is 2.10. The molecule has 1 rings (SSSR count). The number of ether oxygens (including phenoxy) is 1. The van der Waals surface area contributed by atoms with Gasteiger partial charge in [0.05, 0.1) is 17.3 Å². The number of benzene rings is 1. The first-order valence-corrected chi connectivity index (χ1v) is 7.33. The number of nitrogens with two attached hydrogens (primary N) is 1. The molecule has 0 aliphatic heterocycles. The maximum atomic E-state index is 6.38. The van der Waals surface area contributed by atoms with E-state index in [1.54, 1.807) is 0 Å². The average Bonchev–Trinajstić information content (AvgIpc) is 2.35. The van der Waals surface area contributed by atoms with Crippen LogP contribution in [0.3, 0.4) is 0 Å². The summed E-state index contributed by atoms with van der Waals surface area (Å²) >= 11 is 6.38. The van der Waals surface area contributed by atoms with Gasteiger partial charge in [-0.2, -0.15) is 0 Å². The van der Waals surface area contributed by atoms with Crippen molar-refractivity contribution < 1.29 is 4.74 Å². The van der Waals surface area contributed by atoms with Crippen molar-refractivity contribution in [2.45, 2.75) is 33.2 Å². The fraction of sp³-hybridized carbons (Fsp3) is 0.600. The molecule has 0 aliphatic rings. The fourth-order valence-corrected chi connectivity index (χ4v) is 2.40. The van der Waals surface area contributed by atoms with Gasteiger partial charge in [0.1, 0.15) is 0 Å². The van der Waals surface area contributed by atoms with E-state index in [-0.39, 0.29) is 6.04 Å². The number of anilines is 1. The van der Waals surface area contributed by atoms with Gasteiger partial charge < -0.3 is 15.4 Å². The van der Waals surface area contributed by atoms with E-state index >= 15 is 0 Å². The van der Waals surface area contributed by atoms with Crippen molar-refractivity contribution >= 4 is 17.3 Å². The third kappa shape index (κ3) is 5.39. The molecule has 0 aromatic heterocycles. The Morgan fingerprint density at radius 2 is 2.11 bits per heavy atom. The first-order valence-electron chi connectivity index (χ1n) is 6.95. The molecule has 0 saturated heterocycles.